The Morgan fingerprint density at radius 3 is 2.62 bits per heavy atom. The lowest BCUT2D eigenvalue weighted by molar-refractivity contribution is -0.117. The number of fused-ring (bicyclic) bond motifs is 1. The lowest BCUT2D eigenvalue weighted by Gasteiger charge is -2.10. The van der Waals surface area contributed by atoms with Crippen molar-refractivity contribution in [2.24, 2.45) is 5.73 Å². The Labute approximate surface area is 190 Å². The van der Waals surface area contributed by atoms with Crippen LogP contribution in [-0.2, 0) is 11.3 Å². The van der Waals surface area contributed by atoms with Crippen LogP contribution >= 0.6 is 11.8 Å². The van der Waals surface area contributed by atoms with Gasteiger partial charge in [-0.15, -0.1) is 0 Å². The number of hydrogen-bond donors (Lipinski definition) is 3. The fourth-order valence-corrected chi connectivity index (χ4v) is 4.04. The molecule has 0 aliphatic heterocycles. The van der Waals surface area contributed by atoms with Crippen molar-refractivity contribution in [3.05, 3.63) is 59.9 Å². The van der Waals surface area contributed by atoms with Crippen molar-refractivity contribution in [3.63, 3.8) is 0 Å². The van der Waals surface area contributed by atoms with E-state index >= 15 is 0 Å². The number of primary amides is 1. The molecule has 0 radical (unpaired) electrons. The van der Waals surface area contributed by atoms with E-state index in [1.54, 1.807) is 6.20 Å². The fraction of sp³-hybridized carbons (Fsp3) is 0.261. The number of aromatic amines is 1. The summed E-state index contributed by atoms with van der Waals surface area (Å²) in [5.74, 6) is 1.10. The number of nitrogens with one attached hydrogen (secondary N) is 2. The maximum Gasteiger partial charge on any atom is 0.218 e. The van der Waals surface area contributed by atoms with Crippen LogP contribution in [0.25, 0.3) is 22.3 Å². The first kappa shape index (κ1) is 21.8. The van der Waals surface area contributed by atoms with Crippen molar-refractivity contribution < 1.29 is 4.79 Å². The Balaban J connectivity index is 1.55. The molecule has 4 aromatic rings. The number of nitrogens with zero attached hydrogens (tertiary/aromatic N) is 4. The minimum Gasteiger partial charge on any atom is -0.370 e. The molecule has 3 aromatic heterocycles. The zero-order valence-corrected chi connectivity index (χ0v) is 18.8. The van der Waals surface area contributed by atoms with Crippen molar-refractivity contribution in [1.29, 1.82) is 0 Å². The van der Waals surface area contributed by atoms with E-state index in [2.05, 4.69) is 68.6 Å². The van der Waals surface area contributed by atoms with Crippen LogP contribution in [0.15, 0.2) is 53.8 Å². The molecule has 4 N–H and O–H groups in total. The average Bonchev–Trinajstić information content (AvgIpc) is 3.23. The summed E-state index contributed by atoms with van der Waals surface area (Å²) in [6.45, 7) is 4.76. The molecule has 1 amide bonds. The summed E-state index contributed by atoms with van der Waals surface area (Å²) in [5.41, 5.74) is 10.8. The monoisotopic (exact) mass is 447 g/mol. The van der Waals surface area contributed by atoms with Crippen LogP contribution in [0.5, 0.6) is 0 Å². The van der Waals surface area contributed by atoms with Crippen LogP contribution in [-0.4, -0.2) is 36.8 Å². The number of H-pyrrole nitrogens is 1. The Morgan fingerprint density at radius 2 is 1.94 bits per heavy atom. The second-order valence-corrected chi connectivity index (χ2v) is 8.74. The number of pyridine rings is 1. The summed E-state index contributed by atoms with van der Waals surface area (Å²) >= 11 is 1.41. The molecule has 0 bridgehead atoms. The number of thioether (sulfide) groups is 1. The van der Waals surface area contributed by atoms with E-state index in [4.69, 9.17) is 5.73 Å². The summed E-state index contributed by atoms with van der Waals surface area (Å²) in [4.78, 5) is 24.8. The summed E-state index contributed by atoms with van der Waals surface area (Å²) < 4.78 is 0. The van der Waals surface area contributed by atoms with Crippen LogP contribution in [0.3, 0.4) is 0 Å². The highest BCUT2D eigenvalue weighted by atomic mass is 32.2. The van der Waals surface area contributed by atoms with Gasteiger partial charge < -0.3 is 11.1 Å². The van der Waals surface area contributed by atoms with Crippen LogP contribution < -0.4 is 11.1 Å². The van der Waals surface area contributed by atoms with Gasteiger partial charge in [-0.1, -0.05) is 55.9 Å². The molecule has 3 heterocycles. The van der Waals surface area contributed by atoms with E-state index in [9.17, 15) is 4.79 Å². The zero-order valence-electron chi connectivity index (χ0n) is 18.0. The van der Waals surface area contributed by atoms with Gasteiger partial charge in [-0.3, -0.25) is 14.9 Å². The number of anilines is 1. The first-order valence-electron chi connectivity index (χ1n) is 10.4. The molecule has 0 fully saturated rings. The van der Waals surface area contributed by atoms with Gasteiger partial charge in [0.15, 0.2) is 16.5 Å². The van der Waals surface area contributed by atoms with Crippen LogP contribution in [0, 0.1) is 0 Å². The third-order valence-electron chi connectivity index (χ3n) is 4.94. The van der Waals surface area contributed by atoms with E-state index < -0.39 is 0 Å². The molecule has 0 saturated carbocycles. The molecule has 32 heavy (non-hydrogen) atoms. The molecule has 9 heteroatoms. The normalized spacial score (nSPS) is 11.2. The molecule has 164 valence electrons. The van der Waals surface area contributed by atoms with Gasteiger partial charge in [-0.2, -0.15) is 5.10 Å². The predicted octanol–water partition coefficient (Wildman–Crippen LogP) is 4.12. The summed E-state index contributed by atoms with van der Waals surface area (Å²) in [6.07, 6.45) is 2.07. The number of carbonyl (C=O) groups is 1. The van der Waals surface area contributed by atoms with E-state index in [0.29, 0.717) is 28.8 Å². The Kier molecular flexibility index (Phi) is 6.65. The standard InChI is InChI=1S/C23H25N7OS/c1-14(2)19-20-21(30-29-19)22(28-23(27-20)32-12-10-18(24)31)26-13-15-6-8-16(9-7-15)17-5-3-4-11-25-17/h3-9,11,14H,10,12-13H2,1-2H3,(H2,24,31)(H,29,30)(H,26,27,28). The minimum absolute atomic E-state index is 0.241. The van der Waals surface area contributed by atoms with Crippen LogP contribution in [0.4, 0.5) is 5.82 Å². The molecule has 0 atom stereocenters. The Morgan fingerprint density at radius 1 is 1.12 bits per heavy atom. The molecule has 0 unspecified atom stereocenters. The molecular weight excluding hydrogens is 422 g/mol. The number of aromatic nitrogens is 5. The molecule has 1 aromatic carbocycles. The number of benzene rings is 1. The van der Waals surface area contributed by atoms with Crippen molar-refractivity contribution >= 4 is 34.5 Å². The third kappa shape index (κ3) is 5.05. The molecular formula is C23H25N7OS. The lowest BCUT2D eigenvalue weighted by Crippen LogP contribution is -2.11. The second kappa shape index (κ2) is 9.78. The number of rotatable bonds is 9. The van der Waals surface area contributed by atoms with Gasteiger partial charge in [0.25, 0.3) is 0 Å². The largest absolute Gasteiger partial charge is 0.370 e. The van der Waals surface area contributed by atoms with Gasteiger partial charge in [0.2, 0.25) is 5.91 Å². The van der Waals surface area contributed by atoms with Crippen molar-refractivity contribution in [3.8, 4) is 11.3 Å². The van der Waals surface area contributed by atoms with Gasteiger partial charge in [0, 0.05) is 30.5 Å². The number of hydrogen-bond acceptors (Lipinski definition) is 7. The van der Waals surface area contributed by atoms with Gasteiger partial charge in [0.05, 0.1) is 11.4 Å². The van der Waals surface area contributed by atoms with Crippen LogP contribution in [0.2, 0.25) is 0 Å². The van der Waals surface area contributed by atoms with Gasteiger partial charge >= 0.3 is 0 Å². The Hall–Kier alpha value is -3.46. The van der Waals surface area contributed by atoms with E-state index in [1.807, 2.05) is 18.2 Å². The van der Waals surface area contributed by atoms with E-state index in [0.717, 1.165) is 28.0 Å². The Bertz CT molecular complexity index is 1210. The topological polar surface area (TPSA) is 122 Å². The molecule has 0 saturated heterocycles. The van der Waals surface area contributed by atoms with E-state index in [1.165, 1.54) is 11.8 Å². The second-order valence-electron chi connectivity index (χ2n) is 7.67. The minimum atomic E-state index is -0.336. The third-order valence-corrected chi connectivity index (χ3v) is 5.79. The first-order valence-corrected chi connectivity index (χ1v) is 11.4. The maximum atomic E-state index is 11.1. The van der Waals surface area contributed by atoms with Crippen molar-refractivity contribution in [2.45, 2.75) is 37.9 Å². The summed E-state index contributed by atoms with van der Waals surface area (Å²) in [6, 6.07) is 14.1. The lowest BCUT2D eigenvalue weighted by atomic mass is 10.1. The summed E-state index contributed by atoms with van der Waals surface area (Å²) in [5, 5.41) is 11.5. The highest BCUT2D eigenvalue weighted by molar-refractivity contribution is 7.99. The average molecular weight is 448 g/mol. The molecule has 0 spiro atoms. The highest BCUT2D eigenvalue weighted by Gasteiger charge is 2.17. The number of carbonyl (C=O) groups excluding carboxylic acids is 1. The van der Waals surface area contributed by atoms with E-state index in [-0.39, 0.29) is 18.2 Å². The zero-order chi connectivity index (χ0) is 22.5. The molecule has 0 aliphatic rings. The van der Waals surface area contributed by atoms with Crippen molar-refractivity contribution in [1.82, 2.24) is 25.1 Å². The highest BCUT2D eigenvalue weighted by Crippen LogP contribution is 2.29. The smallest absolute Gasteiger partial charge is 0.218 e. The van der Waals surface area contributed by atoms with Gasteiger partial charge in [-0.05, 0) is 23.6 Å². The number of amides is 1. The SMILES string of the molecule is CC(C)c1[nH]nc2c(NCc3ccc(-c4ccccn4)cc3)nc(SCCC(N)=O)nc12. The number of nitrogens with two attached hydrogens (primary N) is 1. The molecule has 0 aliphatic carbocycles. The fourth-order valence-electron chi connectivity index (χ4n) is 3.24. The summed E-state index contributed by atoms with van der Waals surface area (Å²) in [7, 11) is 0. The molecule has 8 nitrogen and oxygen atoms in total. The van der Waals surface area contributed by atoms with Gasteiger partial charge in [0.1, 0.15) is 5.52 Å². The van der Waals surface area contributed by atoms with Crippen molar-refractivity contribution in [2.75, 3.05) is 11.1 Å². The van der Waals surface area contributed by atoms with Crippen LogP contribution in [0.1, 0.15) is 37.4 Å². The first-order chi connectivity index (χ1) is 15.5. The molecule has 4 rings (SSSR count). The van der Waals surface area contributed by atoms with Gasteiger partial charge in [-0.25, -0.2) is 9.97 Å². The quantitative estimate of drug-likeness (QED) is 0.260. The maximum absolute atomic E-state index is 11.1. The predicted molar refractivity (Wildman–Crippen MR) is 127 cm³/mol.